The number of rotatable bonds is 5. The number of hydrogen-bond acceptors (Lipinski definition) is 8. The lowest BCUT2D eigenvalue weighted by Crippen LogP contribution is -2.25. The molecule has 4 aromatic heterocycles. The third-order valence-corrected chi connectivity index (χ3v) is 6.99. The van der Waals surface area contributed by atoms with E-state index in [0.717, 1.165) is 16.3 Å². The Bertz CT molecular complexity index is 1470. The van der Waals surface area contributed by atoms with Crippen LogP contribution in [0.2, 0.25) is 10.3 Å². The monoisotopic (exact) mass is 540 g/mol. The number of carbonyl (C=O) groups is 2. The fourth-order valence-electron chi connectivity index (χ4n) is 3.84. The summed E-state index contributed by atoms with van der Waals surface area (Å²) in [4.78, 5) is 45.5. The van der Waals surface area contributed by atoms with Crippen LogP contribution in [-0.4, -0.2) is 43.8 Å². The number of halogens is 2. The molecule has 182 valence electrons. The van der Waals surface area contributed by atoms with Gasteiger partial charge in [-0.15, -0.1) is 0 Å². The lowest BCUT2D eigenvalue weighted by Gasteiger charge is -2.15. The van der Waals surface area contributed by atoms with E-state index in [2.05, 4.69) is 25.3 Å². The minimum atomic E-state index is -0.375. The van der Waals surface area contributed by atoms with Gasteiger partial charge in [-0.25, -0.2) is 15.0 Å². The molecule has 0 aromatic carbocycles. The Kier molecular flexibility index (Phi) is 6.57. The number of fused-ring (bicyclic) bond motifs is 1. The van der Waals surface area contributed by atoms with Gasteiger partial charge in [-0.2, -0.15) is 0 Å². The van der Waals surface area contributed by atoms with Crippen LogP contribution in [0.1, 0.15) is 37.0 Å². The summed E-state index contributed by atoms with van der Waals surface area (Å²) in [6.45, 7) is 2.57. The van der Waals surface area contributed by atoms with Crippen molar-refractivity contribution in [2.24, 2.45) is 0 Å². The van der Waals surface area contributed by atoms with E-state index < -0.39 is 0 Å². The van der Waals surface area contributed by atoms with Crippen molar-refractivity contribution in [2.75, 3.05) is 12.4 Å². The largest absolute Gasteiger partial charge is 0.494 e. The summed E-state index contributed by atoms with van der Waals surface area (Å²) in [7, 11) is 1.52. The molecule has 4 aromatic rings. The molecule has 0 fully saturated rings. The van der Waals surface area contributed by atoms with E-state index in [1.54, 1.807) is 29.2 Å². The van der Waals surface area contributed by atoms with Gasteiger partial charge in [0.15, 0.2) is 5.13 Å². The van der Waals surface area contributed by atoms with E-state index in [1.807, 2.05) is 6.92 Å². The Balaban J connectivity index is 1.35. The number of anilines is 1. The molecule has 0 aliphatic carbocycles. The van der Waals surface area contributed by atoms with Crippen LogP contribution in [0.4, 0.5) is 5.13 Å². The third-order valence-electron chi connectivity index (χ3n) is 5.56. The van der Waals surface area contributed by atoms with Crippen molar-refractivity contribution in [2.45, 2.75) is 20.0 Å². The maximum absolute atomic E-state index is 13.3. The number of aryl methyl sites for hydroxylation is 1. The summed E-state index contributed by atoms with van der Waals surface area (Å²) in [5.41, 5.74) is 3.50. The number of ether oxygens (including phenoxy) is 1. The van der Waals surface area contributed by atoms with Crippen LogP contribution < -0.4 is 10.1 Å². The number of pyridine rings is 3. The Hall–Kier alpha value is -3.60. The zero-order chi connectivity index (χ0) is 25.4. The van der Waals surface area contributed by atoms with Crippen LogP contribution in [0.15, 0.2) is 42.9 Å². The molecule has 1 aliphatic heterocycles. The molecule has 0 bridgehead atoms. The van der Waals surface area contributed by atoms with Gasteiger partial charge in [-0.1, -0.05) is 34.5 Å². The Morgan fingerprint density at radius 1 is 1.03 bits per heavy atom. The van der Waals surface area contributed by atoms with Crippen molar-refractivity contribution in [3.05, 3.63) is 80.6 Å². The molecule has 1 aliphatic rings. The second-order valence-electron chi connectivity index (χ2n) is 7.95. The first-order valence-electron chi connectivity index (χ1n) is 10.7. The third kappa shape index (κ3) is 4.75. The quantitative estimate of drug-likeness (QED) is 0.353. The van der Waals surface area contributed by atoms with Crippen LogP contribution in [-0.2, 0) is 13.1 Å². The number of thiazole rings is 1. The summed E-state index contributed by atoms with van der Waals surface area (Å²) < 4.78 is 5.43. The molecule has 2 amide bonds. The molecule has 0 saturated carbocycles. The topological polar surface area (TPSA) is 110 Å². The molecular formula is C24H18Cl2N6O3S. The number of hydrogen-bond donors (Lipinski definition) is 1. The summed E-state index contributed by atoms with van der Waals surface area (Å²) in [6, 6.07) is 6.66. The smallest absolute Gasteiger partial charge is 0.259 e. The standard InChI is InChI=1S/C24H18Cl2N6O3S/c1-12-5-14(15-6-21(26)29-9-18(15)35-2)16(8-27-12)22(33)31-24-30-17-10-32(11-19(17)36-24)23(34)13-3-4-20(25)28-7-13/h3-9H,10-11H2,1-2H3,(H,30,31,33). The fourth-order valence-corrected chi connectivity index (χ4v) is 5.09. The van der Waals surface area contributed by atoms with Gasteiger partial charge in [0.25, 0.3) is 11.8 Å². The molecule has 36 heavy (non-hydrogen) atoms. The molecule has 12 heteroatoms. The maximum atomic E-state index is 13.3. The predicted octanol–water partition coefficient (Wildman–Crippen LogP) is 5.03. The van der Waals surface area contributed by atoms with Gasteiger partial charge in [-0.3, -0.25) is 19.9 Å². The highest BCUT2D eigenvalue weighted by atomic mass is 35.5. The molecule has 1 N–H and O–H groups in total. The van der Waals surface area contributed by atoms with Gasteiger partial charge in [0.2, 0.25) is 0 Å². The average Bonchev–Trinajstić information content (AvgIpc) is 3.42. The van der Waals surface area contributed by atoms with Gasteiger partial charge < -0.3 is 9.64 Å². The van der Waals surface area contributed by atoms with Crippen molar-refractivity contribution in [1.82, 2.24) is 24.8 Å². The van der Waals surface area contributed by atoms with E-state index in [4.69, 9.17) is 27.9 Å². The highest BCUT2D eigenvalue weighted by Gasteiger charge is 2.29. The number of aromatic nitrogens is 4. The van der Waals surface area contributed by atoms with Crippen molar-refractivity contribution >= 4 is 51.5 Å². The lowest BCUT2D eigenvalue weighted by molar-refractivity contribution is 0.0750. The van der Waals surface area contributed by atoms with Gasteiger partial charge in [-0.05, 0) is 31.2 Å². The number of nitrogens with zero attached hydrogens (tertiary/aromatic N) is 5. The summed E-state index contributed by atoms with van der Waals surface area (Å²) in [6.07, 6.45) is 4.47. The van der Waals surface area contributed by atoms with E-state index in [0.29, 0.717) is 51.4 Å². The van der Waals surface area contributed by atoms with Gasteiger partial charge in [0, 0.05) is 29.2 Å². The van der Waals surface area contributed by atoms with E-state index in [-0.39, 0.29) is 17.0 Å². The van der Waals surface area contributed by atoms with E-state index in [9.17, 15) is 9.59 Å². The van der Waals surface area contributed by atoms with Crippen LogP contribution in [0.5, 0.6) is 5.75 Å². The first kappa shape index (κ1) is 24.1. The zero-order valence-corrected chi connectivity index (χ0v) is 21.4. The number of methoxy groups -OCH3 is 1. The van der Waals surface area contributed by atoms with E-state index in [1.165, 1.54) is 37.0 Å². The van der Waals surface area contributed by atoms with Crippen LogP contribution in [0, 0.1) is 6.92 Å². The van der Waals surface area contributed by atoms with Crippen molar-refractivity contribution in [3.63, 3.8) is 0 Å². The van der Waals surface area contributed by atoms with Gasteiger partial charge in [0.1, 0.15) is 16.1 Å². The molecule has 0 saturated heterocycles. The predicted molar refractivity (Wildman–Crippen MR) is 137 cm³/mol. The molecule has 0 radical (unpaired) electrons. The summed E-state index contributed by atoms with van der Waals surface area (Å²) in [5.74, 6) is -0.0525. The maximum Gasteiger partial charge on any atom is 0.259 e. The van der Waals surface area contributed by atoms with Crippen LogP contribution >= 0.6 is 34.5 Å². The summed E-state index contributed by atoms with van der Waals surface area (Å²) in [5, 5.41) is 3.90. The Morgan fingerprint density at radius 3 is 2.56 bits per heavy atom. The van der Waals surface area contributed by atoms with Crippen molar-refractivity contribution in [3.8, 4) is 16.9 Å². The molecule has 0 spiro atoms. The fraction of sp³-hybridized carbons (Fsp3) is 0.167. The molecule has 5 heterocycles. The van der Waals surface area contributed by atoms with Gasteiger partial charge in [0.05, 0.1) is 48.1 Å². The van der Waals surface area contributed by atoms with E-state index >= 15 is 0 Å². The molecule has 5 rings (SSSR count). The zero-order valence-electron chi connectivity index (χ0n) is 19.1. The SMILES string of the molecule is COc1cnc(Cl)cc1-c1cc(C)ncc1C(=O)Nc1nc2c(s1)CN(C(=O)c1ccc(Cl)nc1)C2. The second-order valence-corrected chi connectivity index (χ2v) is 9.81. The average molecular weight is 541 g/mol. The second kappa shape index (κ2) is 9.81. The number of carbonyl (C=O) groups excluding carboxylic acids is 2. The minimum absolute atomic E-state index is 0.157. The van der Waals surface area contributed by atoms with Crippen molar-refractivity contribution < 1.29 is 14.3 Å². The Labute approximate surface area is 220 Å². The molecular weight excluding hydrogens is 523 g/mol. The number of amides is 2. The van der Waals surface area contributed by atoms with Crippen molar-refractivity contribution in [1.29, 1.82) is 0 Å². The molecule has 0 unspecified atom stereocenters. The first-order valence-corrected chi connectivity index (χ1v) is 12.3. The number of nitrogens with one attached hydrogen (secondary N) is 1. The Morgan fingerprint density at radius 2 is 1.83 bits per heavy atom. The molecule has 0 atom stereocenters. The highest BCUT2D eigenvalue weighted by Crippen LogP contribution is 2.35. The lowest BCUT2D eigenvalue weighted by atomic mass is 10.0. The first-order chi connectivity index (χ1) is 17.3. The normalized spacial score (nSPS) is 12.4. The summed E-state index contributed by atoms with van der Waals surface area (Å²) >= 11 is 13.3. The van der Waals surface area contributed by atoms with Crippen LogP contribution in [0.25, 0.3) is 11.1 Å². The molecule has 9 nitrogen and oxygen atoms in total. The highest BCUT2D eigenvalue weighted by molar-refractivity contribution is 7.16. The minimum Gasteiger partial charge on any atom is -0.494 e. The van der Waals surface area contributed by atoms with Gasteiger partial charge >= 0.3 is 0 Å². The van der Waals surface area contributed by atoms with Crippen LogP contribution in [0.3, 0.4) is 0 Å².